The number of ether oxygens (including phenoxy) is 1. The Morgan fingerprint density at radius 2 is 2.25 bits per heavy atom. The van der Waals surface area contributed by atoms with Gasteiger partial charge in [-0.3, -0.25) is 4.79 Å². The molecule has 1 amide bonds. The van der Waals surface area contributed by atoms with Crippen LogP contribution in [0.25, 0.3) is 0 Å². The van der Waals surface area contributed by atoms with Crippen molar-refractivity contribution in [2.45, 2.75) is 57.7 Å². The molecule has 0 unspecified atom stereocenters. The molecule has 0 aliphatic carbocycles. The van der Waals surface area contributed by atoms with Crippen LogP contribution in [0.3, 0.4) is 0 Å². The number of carbonyl (C=O) groups is 1. The van der Waals surface area contributed by atoms with Crippen molar-refractivity contribution in [1.82, 2.24) is 14.9 Å². The summed E-state index contributed by atoms with van der Waals surface area (Å²) in [6.45, 7) is 10.4. The number of hydrogen-bond donors (Lipinski definition) is 1. The molecule has 6 heteroatoms. The minimum absolute atomic E-state index is 0.114. The van der Waals surface area contributed by atoms with E-state index in [0.29, 0.717) is 13.2 Å². The number of amides is 1. The third-order valence-corrected chi connectivity index (χ3v) is 5.37. The second-order valence-electron chi connectivity index (χ2n) is 6.83. The molecular weight excluding hydrogens is 270 g/mol. The van der Waals surface area contributed by atoms with Gasteiger partial charge in [-0.05, 0) is 13.0 Å². The monoisotopic (exact) mass is 295 g/mol. The third-order valence-electron chi connectivity index (χ3n) is 3.67. The maximum Gasteiger partial charge on any atom is 0.220 e. The summed E-state index contributed by atoms with van der Waals surface area (Å²) in [4.78, 5) is 15.8. The van der Waals surface area contributed by atoms with Crippen LogP contribution in [-0.4, -0.2) is 36.2 Å². The van der Waals surface area contributed by atoms with Crippen LogP contribution in [0.5, 0.6) is 0 Å². The molecule has 5 nitrogen and oxygen atoms in total. The van der Waals surface area contributed by atoms with Gasteiger partial charge in [-0.2, -0.15) is 0 Å². The molecule has 0 spiro atoms. The average molecular weight is 295 g/mol. The molecule has 1 aromatic heterocycles. The molecule has 20 heavy (non-hydrogen) atoms. The van der Waals surface area contributed by atoms with E-state index in [4.69, 9.17) is 4.74 Å². The van der Waals surface area contributed by atoms with Gasteiger partial charge in [0.15, 0.2) is 0 Å². The molecule has 1 aromatic rings. The van der Waals surface area contributed by atoms with E-state index in [1.165, 1.54) is 6.04 Å². The van der Waals surface area contributed by atoms with Crippen molar-refractivity contribution in [3.8, 4) is 0 Å². The number of nitrogens with zero attached hydrogens (tertiary/aromatic N) is 2. The molecule has 1 aliphatic heterocycles. The second-order valence-corrected chi connectivity index (χ2v) is 12.4. The number of rotatable bonds is 6. The molecule has 1 N–H and O–H groups in total. The normalized spacial score (nSPS) is 23.1. The lowest BCUT2D eigenvalue weighted by molar-refractivity contribution is -0.119. The van der Waals surface area contributed by atoms with Crippen molar-refractivity contribution in [2.75, 3.05) is 6.61 Å². The van der Waals surface area contributed by atoms with Gasteiger partial charge < -0.3 is 14.6 Å². The Labute approximate surface area is 121 Å². The molecule has 2 heterocycles. The highest BCUT2D eigenvalue weighted by Crippen LogP contribution is 2.26. The van der Waals surface area contributed by atoms with Gasteiger partial charge >= 0.3 is 0 Å². The number of hydrogen-bond acceptors (Lipinski definition) is 3. The van der Waals surface area contributed by atoms with Crippen LogP contribution >= 0.6 is 0 Å². The Balaban J connectivity index is 1.82. The molecule has 112 valence electrons. The molecule has 2 atom stereocenters. The summed E-state index contributed by atoms with van der Waals surface area (Å²) in [7, 11) is -1.02. The van der Waals surface area contributed by atoms with Gasteiger partial charge in [0.2, 0.25) is 5.91 Å². The van der Waals surface area contributed by atoms with Crippen LogP contribution in [0.15, 0.2) is 12.5 Å². The quantitative estimate of drug-likeness (QED) is 0.646. The number of imidazole rings is 1. The molecule has 0 saturated carbocycles. The van der Waals surface area contributed by atoms with E-state index in [1.54, 1.807) is 6.33 Å². The summed E-state index contributed by atoms with van der Waals surface area (Å²) in [5, 5.41) is 2.93. The average Bonchev–Trinajstić information content (AvgIpc) is 2.90. The fourth-order valence-electron chi connectivity index (χ4n) is 2.34. The molecular formula is C14H25N3O2Si. The maximum atomic E-state index is 11.4. The Kier molecular flexibility index (Phi) is 4.65. The van der Waals surface area contributed by atoms with Crippen LogP contribution in [-0.2, 0) is 16.3 Å². The summed E-state index contributed by atoms with van der Waals surface area (Å²) in [6.07, 6.45) is 4.32. The van der Waals surface area contributed by atoms with Gasteiger partial charge in [0.05, 0.1) is 12.0 Å². The zero-order valence-corrected chi connectivity index (χ0v) is 13.8. The molecule has 0 aromatic carbocycles. The fourth-order valence-corrected chi connectivity index (χ4v) is 3.10. The second kappa shape index (κ2) is 6.09. The molecule has 1 aliphatic rings. The van der Waals surface area contributed by atoms with Crippen LogP contribution in [0.2, 0.25) is 25.7 Å². The Morgan fingerprint density at radius 3 is 2.85 bits per heavy atom. The highest BCUT2D eigenvalue weighted by Gasteiger charge is 2.31. The van der Waals surface area contributed by atoms with Gasteiger partial charge in [-0.15, -0.1) is 0 Å². The van der Waals surface area contributed by atoms with Gasteiger partial charge in [0.25, 0.3) is 0 Å². The Hall–Kier alpha value is -1.14. The highest BCUT2D eigenvalue weighted by atomic mass is 28.3. The smallest absolute Gasteiger partial charge is 0.220 e. The standard InChI is InChI=1S/C14H25N3O2Si/c1-11-12(7-14(18)16-11)13-8-17(9-15-13)10-19-5-6-20(2,3)4/h8-9,11-12H,5-7,10H2,1-4H3,(H,16,18)/t11-,12+/m1/s1. The predicted molar refractivity (Wildman–Crippen MR) is 81.3 cm³/mol. The summed E-state index contributed by atoms with van der Waals surface area (Å²) in [5.41, 5.74) is 0.977. The lowest BCUT2D eigenvalue weighted by Crippen LogP contribution is -2.24. The van der Waals surface area contributed by atoms with E-state index in [-0.39, 0.29) is 17.9 Å². The van der Waals surface area contributed by atoms with E-state index in [0.717, 1.165) is 12.3 Å². The summed E-state index contributed by atoms with van der Waals surface area (Å²) < 4.78 is 7.65. The van der Waals surface area contributed by atoms with E-state index < -0.39 is 8.07 Å². The minimum atomic E-state index is -1.02. The van der Waals surface area contributed by atoms with E-state index in [9.17, 15) is 4.79 Å². The van der Waals surface area contributed by atoms with Crippen molar-refractivity contribution in [3.63, 3.8) is 0 Å². The summed E-state index contributed by atoms with van der Waals surface area (Å²) >= 11 is 0. The maximum absolute atomic E-state index is 11.4. The zero-order valence-electron chi connectivity index (χ0n) is 12.8. The van der Waals surface area contributed by atoms with Gasteiger partial charge in [-0.1, -0.05) is 19.6 Å². The summed E-state index contributed by atoms with van der Waals surface area (Å²) in [6, 6.07) is 1.34. The molecule has 2 rings (SSSR count). The summed E-state index contributed by atoms with van der Waals surface area (Å²) in [5.74, 6) is 0.300. The molecule has 0 radical (unpaired) electrons. The van der Waals surface area contributed by atoms with Crippen LogP contribution in [0.4, 0.5) is 0 Å². The largest absolute Gasteiger partial charge is 0.361 e. The Morgan fingerprint density at radius 1 is 1.50 bits per heavy atom. The van der Waals surface area contributed by atoms with Gasteiger partial charge in [0, 0.05) is 39.3 Å². The first-order chi connectivity index (χ1) is 9.35. The van der Waals surface area contributed by atoms with Crippen molar-refractivity contribution in [3.05, 3.63) is 18.2 Å². The van der Waals surface area contributed by atoms with Gasteiger partial charge in [0.1, 0.15) is 6.73 Å². The minimum Gasteiger partial charge on any atom is -0.361 e. The van der Waals surface area contributed by atoms with Crippen molar-refractivity contribution >= 4 is 14.0 Å². The first-order valence-corrected chi connectivity index (χ1v) is 10.9. The first-order valence-electron chi connectivity index (χ1n) is 7.24. The van der Waals surface area contributed by atoms with Gasteiger partial charge in [-0.25, -0.2) is 4.98 Å². The zero-order chi connectivity index (χ0) is 14.8. The van der Waals surface area contributed by atoms with Crippen LogP contribution < -0.4 is 5.32 Å². The van der Waals surface area contributed by atoms with Crippen LogP contribution in [0, 0.1) is 0 Å². The SMILES string of the molecule is C[C@H]1NC(=O)C[C@@H]1c1cn(COCC[Si](C)(C)C)cn1. The molecule has 1 fully saturated rings. The predicted octanol–water partition coefficient (Wildman–Crippen LogP) is 2.19. The number of carbonyl (C=O) groups excluding carboxylic acids is 1. The Bertz CT molecular complexity index is 467. The lowest BCUT2D eigenvalue weighted by Gasteiger charge is -2.15. The first kappa shape index (κ1) is 15.2. The van der Waals surface area contributed by atoms with E-state index >= 15 is 0 Å². The number of aromatic nitrogens is 2. The molecule has 1 saturated heterocycles. The number of nitrogens with one attached hydrogen (secondary N) is 1. The van der Waals surface area contributed by atoms with E-state index in [1.807, 2.05) is 17.7 Å². The molecule has 0 bridgehead atoms. The lowest BCUT2D eigenvalue weighted by atomic mass is 9.99. The fraction of sp³-hybridized carbons (Fsp3) is 0.714. The van der Waals surface area contributed by atoms with E-state index in [2.05, 4.69) is 29.9 Å². The third kappa shape index (κ3) is 4.18. The van der Waals surface area contributed by atoms with Crippen molar-refractivity contribution in [2.24, 2.45) is 0 Å². The van der Waals surface area contributed by atoms with Crippen molar-refractivity contribution < 1.29 is 9.53 Å². The van der Waals surface area contributed by atoms with Crippen molar-refractivity contribution in [1.29, 1.82) is 0 Å². The van der Waals surface area contributed by atoms with Crippen LogP contribution in [0.1, 0.15) is 25.0 Å². The highest BCUT2D eigenvalue weighted by molar-refractivity contribution is 6.76. The topological polar surface area (TPSA) is 56.2 Å².